The number of aromatic carboxylic acids is 1. The van der Waals surface area contributed by atoms with E-state index < -0.39 is 5.97 Å². The summed E-state index contributed by atoms with van der Waals surface area (Å²) < 4.78 is 10.9. The van der Waals surface area contributed by atoms with E-state index in [1.807, 2.05) is 42.5 Å². The minimum absolute atomic E-state index is 0.132. The molecule has 0 atom stereocenters. The minimum Gasteiger partial charge on any atom is -0.488 e. The van der Waals surface area contributed by atoms with Crippen molar-refractivity contribution in [2.75, 3.05) is 0 Å². The van der Waals surface area contributed by atoms with Crippen molar-refractivity contribution in [2.24, 2.45) is 0 Å². The lowest BCUT2D eigenvalue weighted by Gasteiger charge is -2.09. The van der Waals surface area contributed by atoms with E-state index in [2.05, 4.69) is 5.16 Å². The van der Waals surface area contributed by atoms with Gasteiger partial charge in [0.15, 0.2) is 11.5 Å². The molecule has 0 amide bonds. The first-order valence-corrected chi connectivity index (χ1v) is 6.70. The van der Waals surface area contributed by atoms with Gasteiger partial charge in [0.25, 0.3) is 0 Å². The summed E-state index contributed by atoms with van der Waals surface area (Å²) in [4.78, 5) is 10.9. The molecule has 22 heavy (non-hydrogen) atoms. The van der Waals surface area contributed by atoms with Gasteiger partial charge in [-0.25, -0.2) is 4.79 Å². The molecule has 5 heteroatoms. The molecule has 3 rings (SSSR count). The standard InChI is InChI=1S/C17H13NO4/c19-17(20)14-10-16(22-18-14)13-8-4-5-9-15(13)21-11-12-6-2-1-3-7-12/h1-10H,11H2,(H,19,20). The minimum atomic E-state index is -1.13. The molecule has 2 aromatic carbocycles. The Balaban J connectivity index is 1.84. The molecule has 0 spiro atoms. The largest absolute Gasteiger partial charge is 0.488 e. The van der Waals surface area contributed by atoms with Crippen molar-refractivity contribution in [3.63, 3.8) is 0 Å². The van der Waals surface area contributed by atoms with Gasteiger partial charge in [-0.05, 0) is 17.7 Å². The Kier molecular flexibility index (Phi) is 3.87. The van der Waals surface area contributed by atoms with E-state index in [1.165, 1.54) is 6.07 Å². The van der Waals surface area contributed by atoms with Crippen LogP contribution >= 0.6 is 0 Å². The number of benzene rings is 2. The number of aromatic nitrogens is 1. The van der Waals surface area contributed by atoms with Crippen LogP contribution in [0.5, 0.6) is 5.75 Å². The second-order valence-electron chi connectivity index (χ2n) is 4.65. The van der Waals surface area contributed by atoms with Crippen molar-refractivity contribution in [2.45, 2.75) is 6.61 Å². The third kappa shape index (κ3) is 2.98. The van der Waals surface area contributed by atoms with Crippen LogP contribution in [-0.2, 0) is 6.61 Å². The van der Waals surface area contributed by atoms with Gasteiger partial charge in [-0.1, -0.05) is 47.6 Å². The predicted octanol–water partition coefficient (Wildman–Crippen LogP) is 3.62. The Morgan fingerprint density at radius 2 is 1.82 bits per heavy atom. The maximum Gasteiger partial charge on any atom is 0.358 e. The zero-order valence-corrected chi connectivity index (χ0v) is 11.6. The summed E-state index contributed by atoms with van der Waals surface area (Å²) in [5, 5.41) is 12.4. The topological polar surface area (TPSA) is 72.6 Å². The monoisotopic (exact) mass is 295 g/mol. The number of carboxylic acids is 1. The molecule has 1 heterocycles. The molecule has 0 unspecified atom stereocenters. The fourth-order valence-corrected chi connectivity index (χ4v) is 2.03. The number of para-hydroxylation sites is 1. The second-order valence-corrected chi connectivity index (χ2v) is 4.65. The van der Waals surface area contributed by atoms with E-state index in [4.69, 9.17) is 14.4 Å². The number of hydrogen-bond donors (Lipinski definition) is 1. The molecule has 0 saturated heterocycles. The van der Waals surface area contributed by atoms with E-state index >= 15 is 0 Å². The highest BCUT2D eigenvalue weighted by molar-refractivity contribution is 5.86. The number of carboxylic acid groups (broad SMARTS) is 1. The average Bonchev–Trinajstić information content (AvgIpc) is 3.04. The van der Waals surface area contributed by atoms with Crippen LogP contribution in [0.4, 0.5) is 0 Å². The zero-order valence-electron chi connectivity index (χ0n) is 11.6. The van der Waals surface area contributed by atoms with Gasteiger partial charge in [0.05, 0.1) is 5.56 Å². The third-order valence-corrected chi connectivity index (χ3v) is 3.12. The summed E-state index contributed by atoms with van der Waals surface area (Å²) in [6, 6.07) is 18.4. The Bertz CT molecular complexity index is 780. The summed E-state index contributed by atoms with van der Waals surface area (Å²) in [5.74, 6) is -0.154. The predicted molar refractivity (Wildman–Crippen MR) is 79.7 cm³/mol. The first-order valence-electron chi connectivity index (χ1n) is 6.70. The van der Waals surface area contributed by atoms with E-state index in [-0.39, 0.29) is 5.69 Å². The van der Waals surface area contributed by atoms with Crippen molar-refractivity contribution < 1.29 is 19.2 Å². The maximum absolute atomic E-state index is 10.9. The van der Waals surface area contributed by atoms with Crippen LogP contribution in [0.25, 0.3) is 11.3 Å². The Morgan fingerprint density at radius 3 is 2.55 bits per heavy atom. The average molecular weight is 295 g/mol. The van der Waals surface area contributed by atoms with E-state index in [0.29, 0.717) is 23.7 Å². The first-order chi connectivity index (χ1) is 10.7. The highest BCUT2D eigenvalue weighted by atomic mass is 16.5. The Hall–Kier alpha value is -3.08. The van der Waals surface area contributed by atoms with Crippen molar-refractivity contribution in [3.8, 4) is 17.1 Å². The van der Waals surface area contributed by atoms with Gasteiger partial charge in [0.1, 0.15) is 12.4 Å². The Labute approximate surface area is 126 Å². The van der Waals surface area contributed by atoms with Crippen molar-refractivity contribution in [3.05, 3.63) is 71.9 Å². The summed E-state index contributed by atoms with van der Waals surface area (Å²) in [7, 11) is 0. The van der Waals surface area contributed by atoms with Crippen molar-refractivity contribution in [1.82, 2.24) is 5.16 Å². The molecular weight excluding hydrogens is 282 g/mol. The first kappa shape index (κ1) is 13.9. The van der Waals surface area contributed by atoms with E-state index in [0.717, 1.165) is 5.56 Å². The fraction of sp³-hybridized carbons (Fsp3) is 0.0588. The van der Waals surface area contributed by atoms with Crippen LogP contribution in [0.15, 0.2) is 65.2 Å². The molecule has 0 bridgehead atoms. The van der Waals surface area contributed by atoms with E-state index in [9.17, 15) is 4.79 Å². The normalized spacial score (nSPS) is 10.4. The lowest BCUT2D eigenvalue weighted by atomic mass is 10.1. The highest BCUT2D eigenvalue weighted by Gasteiger charge is 2.15. The summed E-state index contributed by atoms with van der Waals surface area (Å²) in [6.07, 6.45) is 0. The lowest BCUT2D eigenvalue weighted by molar-refractivity contribution is 0.0686. The van der Waals surface area contributed by atoms with Gasteiger partial charge in [-0.15, -0.1) is 0 Å². The molecule has 1 N–H and O–H groups in total. The Morgan fingerprint density at radius 1 is 1.09 bits per heavy atom. The molecule has 0 aliphatic carbocycles. The molecule has 5 nitrogen and oxygen atoms in total. The molecule has 0 aliphatic rings. The lowest BCUT2D eigenvalue weighted by Crippen LogP contribution is -1.96. The highest BCUT2D eigenvalue weighted by Crippen LogP contribution is 2.30. The summed E-state index contributed by atoms with van der Waals surface area (Å²) >= 11 is 0. The van der Waals surface area contributed by atoms with Gasteiger partial charge < -0.3 is 14.4 Å². The summed E-state index contributed by atoms with van der Waals surface area (Å²) in [5.41, 5.74) is 1.58. The molecule has 0 radical (unpaired) electrons. The van der Waals surface area contributed by atoms with Gasteiger partial charge >= 0.3 is 5.97 Å². The fourth-order valence-electron chi connectivity index (χ4n) is 2.03. The van der Waals surface area contributed by atoms with Gasteiger partial charge in [0, 0.05) is 6.07 Å². The summed E-state index contributed by atoms with van der Waals surface area (Å²) in [6.45, 7) is 0.414. The maximum atomic E-state index is 10.9. The molecule has 1 aromatic heterocycles. The van der Waals surface area contributed by atoms with Crippen molar-refractivity contribution in [1.29, 1.82) is 0 Å². The number of rotatable bonds is 5. The van der Waals surface area contributed by atoms with Crippen LogP contribution < -0.4 is 4.74 Å². The van der Waals surface area contributed by atoms with Crippen LogP contribution in [0.2, 0.25) is 0 Å². The van der Waals surface area contributed by atoms with Gasteiger partial charge in [0.2, 0.25) is 0 Å². The van der Waals surface area contributed by atoms with Crippen LogP contribution in [0.3, 0.4) is 0 Å². The molecule has 0 aliphatic heterocycles. The van der Waals surface area contributed by atoms with Crippen LogP contribution in [0.1, 0.15) is 16.1 Å². The van der Waals surface area contributed by atoms with E-state index in [1.54, 1.807) is 12.1 Å². The molecular formula is C17H13NO4. The molecule has 3 aromatic rings. The van der Waals surface area contributed by atoms with Crippen molar-refractivity contribution >= 4 is 5.97 Å². The molecule has 0 saturated carbocycles. The van der Waals surface area contributed by atoms with Gasteiger partial charge in [-0.3, -0.25) is 0 Å². The smallest absolute Gasteiger partial charge is 0.358 e. The number of ether oxygens (including phenoxy) is 1. The molecule has 0 fully saturated rings. The second kappa shape index (κ2) is 6.13. The third-order valence-electron chi connectivity index (χ3n) is 3.12. The number of hydrogen-bond acceptors (Lipinski definition) is 4. The number of nitrogens with zero attached hydrogens (tertiary/aromatic N) is 1. The zero-order chi connectivity index (χ0) is 15.4. The van der Waals surface area contributed by atoms with Gasteiger partial charge in [-0.2, -0.15) is 0 Å². The van der Waals surface area contributed by atoms with Crippen LogP contribution in [-0.4, -0.2) is 16.2 Å². The quantitative estimate of drug-likeness (QED) is 0.778. The molecule has 110 valence electrons. The SMILES string of the molecule is O=C(O)c1cc(-c2ccccc2OCc2ccccc2)on1. The van der Waals surface area contributed by atoms with Crippen LogP contribution in [0, 0.1) is 0 Å². The number of carbonyl (C=O) groups is 1.